The van der Waals surface area contributed by atoms with E-state index < -0.39 is 3.79 Å². The van der Waals surface area contributed by atoms with Gasteiger partial charge in [0.2, 0.25) is 15.7 Å². The van der Waals surface area contributed by atoms with Gasteiger partial charge in [0.15, 0.2) is 5.82 Å². The molecular weight excluding hydrogens is 441 g/mol. The van der Waals surface area contributed by atoms with Gasteiger partial charge in [0, 0.05) is 28.3 Å². The molecule has 0 aliphatic rings. The molecule has 0 bridgehead atoms. The van der Waals surface area contributed by atoms with Crippen LogP contribution in [0.4, 0.5) is 17.6 Å². The second-order valence-corrected chi connectivity index (χ2v) is 9.05. The number of halogens is 5. The smallest absolute Gasteiger partial charge is 0.250 e. The highest BCUT2D eigenvalue weighted by Crippen LogP contribution is 2.36. The maximum absolute atomic E-state index is 6.01. The van der Waals surface area contributed by atoms with E-state index in [-0.39, 0.29) is 23.8 Å². The Morgan fingerprint density at radius 3 is 2.12 bits per heavy atom. The molecule has 11 heteroatoms. The number of likely N-dealkylation sites (N-methyl/N-ethyl adjacent to an activating group) is 1. The molecule has 0 amide bonds. The van der Waals surface area contributed by atoms with Gasteiger partial charge in [-0.25, -0.2) is 0 Å². The Kier molecular flexibility index (Phi) is 7.42. The summed E-state index contributed by atoms with van der Waals surface area (Å²) in [5.74, 6) is 0.471. The first-order valence-electron chi connectivity index (χ1n) is 7.50. The van der Waals surface area contributed by atoms with Crippen LogP contribution in [0.1, 0.15) is 12.7 Å². The van der Waals surface area contributed by atoms with Gasteiger partial charge in [0.05, 0.1) is 0 Å². The van der Waals surface area contributed by atoms with E-state index in [0.717, 1.165) is 6.54 Å². The summed E-state index contributed by atoms with van der Waals surface area (Å²) in [7, 11) is 3.93. The highest BCUT2D eigenvalue weighted by atomic mass is 35.6. The van der Waals surface area contributed by atoms with Crippen LogP contribution in [0.3, 0.4) is 0 Å². The number of hydrogen-bond donors (Lipinski definition) is 2. The number of anilines is 3. The highest BCUT2D eigenvalue weighted by Gasteiger charge is 2.28. The summed E-state index contributed by atoms with van der Waals surface area (Å²) in [5.41, 5.74) is 0.594. The summed E-state index contributed by atoms with van der Waals surface area (Å²) in [6, 6.07) is 5.02. The lowest BCUT2D eigenvalue weighted by atomic mass is 10.3. The van der Waals surface area contributed by atoms with Gasteiger partial charge in [0.25, 0.3) is 0 Å². The molecule has 1 unspecified atom stereocenters. The Labute approximate surface area is 177 Å². The average molecular weight is 459 g/mol. The van der Waals surface area contributed by atoms with Crippen molar-refractivity contribution in [2.75, 3.05) is 31.3 Å². The maximum Gasteiger partial charge on any atom is 0.250 e. The summed E-state index contributed by atoms with van der Waals surface area (Å²) in [5, 5.41) is 7.09. The molecule has 1 aromatic carbocycles. The van der Waals surface area contributed by atoms with Crippen molar-refractivity contribution in [3.63, 3.8) is 0 Å². The summed E-state index contributed by atoms with van der Waals surface area (Å²) in [6.07, 6.45) is 0. The topological polar surface area (TPSA) is 66.0 Å². The molecule has 142 valence electrons. The third-order valence-electron chi connectivity index (χ3n) is 3.02. The Balaban J connectivity index is 2.33. The van der Waals surface area contributed by atoms with Gasteiger partial charge in [-0.3, -0.25) is 0 Å². The SMILES string of the molecule is CC(CN(C)C)Nc1nc(Nc2cc(Cl)cc(Cl)c2)nc(C(Cl)(Cl)Cl)n1. The first-order valence-corrected chi connectivity index (χ1v) is 9.39. The lowest BCUT2D eigenvalue weighted by Crippen LogP contribution is -2.30. The predicted octanol–water partition coefficient (Wildman–Crippen LogP) is 5.11. The lowest BCUT2D eigenvalue weighted by Gasteiger charge is -2.19. The van der Waals surface area contributed by atoms with Crippen LogP contribution < -0.4 is 10.6 Å². The Bertz CT molecular complexity index is 744. The molecule has 26 heavy (non-hydrogen) atoms. The summed E-state index contributed by atoms with van der Waals surface area (Å²) < 4.78 is -1.80. The standard InChI is InChI=1S/C15H17Cl5N6/c1-8(7-26(2)3)21-13-23-12(15(18,19)20)24-14(25-13)22-11-5-9(16)4-10(17)6-11/h4-6,8H,7H2,1-3H3,(H2,21,22,23,24,25). The van der Waals surface area contributed by atoms with E-state index in [1.54, 1.807) is 18.2 Å². The van der Waals surface area contributed by atoms with Crippen LogP contribution in [0.15, 0.2) is 18.2 Å². The minimum Gasteiger partial charge on any atom is -0.350 e. The zero-order valence-corrected chi connectivity index (χ0v) is 18.0. The van der Waals surface area contributed by atoms with Gasteiger partial charge < -0.3 is 15.5 Å². The Morgan fingerprint density at radius 2 is 1.58 bits per heavy atom. The molecule has 0 fully saturated rings. The van der Waals surface area contributed by atoms with Gasteiger partial charge in [-0.1, -0.05) is 58.0 Å². The van der Waals surface area contributed by atoms with Crippen LogP contribution in [0, 0.1) is 0 Å². The lowest BCUT2D eigenvalue weighted by molar-refractivity contribution is 0.391. The number of rotatable bonds is 6. The molecule has 0 aliphatic heterocycles. The summed E-state index contributed by atoms with van der Waals surface area (Å²) in [4.78, 5) is 14.7. The van der Waals surface area contributed by atoms with Gasteiger partial charge >= 0.3 is 0 Å². The van der Waals surface area contributed by atoms with Gasteiger partial charge in [-0.15, -0.1) is 0 Å². The molecule has 1 aromatic heterocycles. The van der Waals surface area contributed by atoms with Crippen molar-refractivity contribution in [1.29, 1.82) is 0 Å². The van der Waals surface area contributed by atoms with Crippen LogP contribution in [-0.2, 0) is 3.79 Å². The molecule has 0 radical (unpaired) electrons. The average Bonchev–Trinajstić information content (AvgIpc) is 2.43. The molecule has 0 spiro atoms. The van der Waals surface area contributed by atoms with Crippen molar-refractivity contribution in [3.8, 4) is 0 Å². The van der Waals surface area contributed by atoms with Crippen LogP contribution in [-0.4, -0.2) is 46.5 Å². The van der Waals surface area contributed by atoms with E-state index in [0.29, 0.717) is 15.7 Å². The van der Waals surface area contributed by atoms with E-state index in [4.69, 9.17) is 58.0 Å². The Hall–Kier alpha value is -0.760. The minimum atomic E-state index is -1.80. The number of alkyl halides is 3. The minimum absolute atomic E-state index is 0.00678. The van der Waals surface area contributed by atoms with E-state index >= 15 is 0 Å². The molecule has 0 aliphatic carbocycles. The van der Waals surface area contributed by atoms with E-state index in [1.807, 2.05) is 25.9 Å². The van der Waals surface area contributed by atoms with Crippen molar-refractivity contribution in [3.05, 3.63) is 34.1 Å². The van der Waals surface area contributed by atoms with Crippen LogP contribution in [0.5, 0.6) is 0 Å². The van der Waals surface area contributed by atoms with Crippen molar-refractivity contribution < 1.29 is 0 Å². The number of benzene rings is 1. The van der Waals surface area contributed by atoms with Crippen molar-refractivity contribution in [1.82, 2.24) is 19.9 Å². The zero-order valence-electron chi connectivity index (χ0n) is 14.2. The molecule has 6 nitrogen and oxygen atoms in total. The number of hydrogen-bond acceptors (Lipinski definition) is 6. The van der Waals surface area contributed by atoms with Crippen molar-refractivity contribution in [2.24, 2.45) is 0 Å². The second-order valence-electron chi connectivity index (χ2n) is 5.89. The number of aromatic nitrogens is 3. The van der Waals surface area contributed by atoms with Crippen molar-refractivity contribution >= 4 is 75.6 Å². The number of nitrogens with one attached hydrogen (secondary N) is 2. The van der Waals surface area contributed by atoms with Gasteiger partial charge in [0.1, 0.15) is 0 Å². The monoisotopic (exact) mass is 456 g/mol. The molecule has 0 saturated heterocycles. The first-order chi connectivity index (χ1) is 12.0. The fourth-order valence-electron chi connectivity index (χ4n) is 2.19. The molecule has 0 saturated carbocycles. The molecule has 2 N–H and O–H groups in total. The van der Waals surface area contributed by atoms with Gasteiger partial charge in [-0.2, -0.15) is 15.0 Å². The first kappa shape index (κ1) is 21.5. The van der Waals surface area contributed by atoms with Crippen molar-refractivity contribution in [2.45, 2.75) is 16.8 Å². The normalized spacial score (nSPS) is 13.0. The summed E-state index contributed by atoms with van der Waals surface area (Å²) in [6.45, 7) is 2.75. The number of nitrogens with zero attached hydrogens (tertiary/aromatic N) is 4. The van der Waals surface area contributed by atoms with Crippen LogP contribution >= 0.6 is 58.0 Å². The second kappa shape index (κ2) is 8.95. The van der Waals surface area contributed by atoms with Gasteiger partial charge in [-0.05, 0) is 39.2 Å². The molecule has 2 aromatic rings. The largest absolute Gasteiger partial charge is 0.350 e. The third kappa shape index (κ3) is 6.76. The molecule has 1 heterocycles. The van der Waals surface area contributed by atoms with Crippen LogP contribution in [0.2, 0.25) is 10.0 Å². The van der Waals surface area contributed by atoms with Crippen LogP contribution in [0.25, 0.3) is 0 Å². The molecule has 1 atom stereocenters. The van der Waals surface area contributed by atoms with E-state index in [2.05, 4.69) is 25.6 Å². The van der Waals surface area contributed by atoms with E-state index in [1.165, 1.54) is 0 Å². The predicted molar refractivity (Wildman–Crippen MR) is 110 cm³/mol. The van der Waals surface area contributed by atoms with E-state index in [9.17, 15) is 0 Å². The summed E-state index contributed by atoms with van der Waals surface area (Å²) >= 11 is 29.9. The maximum atomic E-state index is 6.01. The molecule has 2 rings (SSSR count). The zero-order chi connectivity index (χ0) is 19.5. The highest BCUT2D eigenvalue weighted by molar-refractivity contribution is 6.66. The fraction of sp³-hybridized carbons (Fsp3) is 0.400. The molecular formula is C15H17Cl5N6. The quantitative estimate of drug-likeness (QED) is 0.587. The third-order valence-corrected chi connectivity index (χ3v) is 3.97. The Morgan fingerprint density at radius 1 is 1.00 bits per heavy atom. The fourth-order valence-corrected chi connectivity index (χ4v) is 2.97.